The van der Waals surface area contributed by atoms with Gasteiger partial charge in [0.25, 0.3) is 0 Å². The maximum atomic E-state index is 6.28. The molecule has 0 aliphatic heterocycles. The first-order valence-electron chi connectivity index (χ1n) is 8.36. The van der Waals surface area contributed by atoms with Crippen molar-refractivity contribution in [2.75, 3.05) is 23.5 Å². The van der Waals surface area contributed by atoms with Crippen LogP contribution in [0.4, 0.5) is 17.2 Å². The summed E-state index contributed by atoms with van der Waals surface area (Å²) in [5.41, 5.74) is 14.3. The average Bonchev–Trinajstić information content (AvgIpc) is 2.68. The van der Waals surface area contributed by atoms with Crippen molar-refractivity contribution >= 4 is 22.9 Å². The van der Waals surface area contributed by atoms with Gasteiger partial charge in [-0.15, -0.1) is 0 Å². The molecule has 1 heterocycles. The van der Waals surface area contributed by atoms with Crippen molar-refractivity contribution in [3.05, 3.63) is 66.0 Å². The molecule has 0 fully saturated rings. The zero-order chi connectivity index (χ0) is 18.5. The Bertz CT molecular complexity index is 917. The summed E-state index contributed by atoms with van der Waals surface area (Å²) in [5, 5.41) is 7.53. The minimum Gasteiger partial charge on any atom is -0.394 e. The van der Waals surface area contributed by atoms with E-state index in [1.165, 1.54) is 0 Å². The minimum absolute atomic E-state index is 0.476. The number of rotatable bonds is 5. The maximum absolute atomic E-state index is 6.28. The predicted molar refractivity (Wildman–Crippen MR) is 108 cm³/mol. The number of hydrogen-bond donors (Lipinski definition) is 3. The molecule has 1 aromatic heterocycles. The van der Waals surface area contributed by atoms with Gasteiger partial charge >= 0.3 is 0 Å². The number of hydrazone groups is 1. The Morgan fingerprint density at radius 2 is 1.69 bits per heavy atom. The number of aromatic nitrogens is 2. The molecule has 6 nitrogen and oxygen atoms in total. The van der Waals surface area contributed by atoms with E-state index in [0.29, 0.717) is 23.0 Å². The van der Waals surface area contributed by atoms with Crippen LogP contribution in [0.25, 0.3) is 11.3 Å². The number of nitrogen functional groups attached to an aromatic ring is 1. The highest BCUT2D eigenvalue weighted by Crippen LogP contribution is 2.28. The summed E-state index contributed by atoms with van der Waals surface area (Å²) in [6, 6.07) is 17.8. The molecule has 0 radical (unpaired) electrons. The van der Waals surface area contributed by atoms with Gasteiger partial charge in [-0.25, -0.2) is 9.97 Å². The van der Waals surface area contributed by atoms with Gasteiger partial charge in [0.05, 0.1) is 11.4 Å². The SMILES string of the molecule is CNc1ccc(C(C)=NNc2nc(C)nc(-c3ccccc3)c2N)cc1. The molecule has 0 saturated carbocycles. The monoisotopic (exact) mass is 346 g/mol. The maximum Gasteiger partial charge on any atom is 0.173 e. The first-order valence-corrected chi connectivity index (χ1v) is 8.36. The molecule has 26 heavy (non-hydrogen) atoms. The number of nitrogens with two attached hydrogens (primary N) is 1. The zero-order valence-electron chi connectivity index (χ0n) is 15.1. The number of anilines is 3. The average molecular weight is 346 g/mol. The smallest absolute Gasteiger partial charge is 0.173 e. The van der Waals surface area contributed by atoms with Crippen LogP contribution in [0.15, 0.2) is 59.7 Å². The van der Waals surface area contributed by atoms with Crippen LogP contribution in [-0.4, -0.2) is 22.7 Å². The van der Waals surface area contributed by atoms with Crippen LogP contribution in [0, 0.1) is 6.92 Å². The Morgan fingerprint density at radius 1 is 1.00 bits per heavy atom. The van der Waals surface area contributed by atoms with Crippen LogP contribution in [0.2, 0.25) is 0 Å². The fraction of sp³-hybridized carbons (Fsp3) is 0.150. The second-order valence-electron chi connectivity index (χ2n) is 5.88. The summed E-state index contributed by atoms with van der Waals surface area (Å²) < 4.78 is 0. The Balaban J connectivity index is 1.88. The van der Waals surface area contributed by atoms with Gasteiger partial charge in [0.15, 0.2) is 5.82 Å². The lowest BCUT2D eigenvalue weighted by Gasteiger charge is -2.11. The highest BCUT2D eigenvalue weighted by atomic mass is 15.3. The third-order valence-electron chi connectivity index (χ3n) is 4.03. The van der Waals surface area contributed by atoms with Crippen LogP contribution in [0.3, 0.4) is 0 Å². The van der Waals surface area contributed by atoms with Gasteiger partial charge in [0, 0.05) is 18.3 Å². The quantitative estimate of drug-likeness (QED) is 0.481. The third kappa shape index (κ3) is 3.80. The number of nitrogens with one attached hydrogen (secondary N) is 2. The first-order chi connectivity index (χ1) is 12.6. The van der Waals surface area contributed by atoms with E-state index in [-0.39, 0.29) is 0 Å². The molecule has 3 aromatic rings. The highest BCUT2D eigenvalue weighted by Gasteiger charge is 2.11. The molecule has 0 bridgehead atoms. The molecule has 0 aliphatic carbocycles. The van der Waals surface area contributed by atoms with Crippen LogP contribution in [0.5, 0.6) is 0 Å². The zero-order valence-corrected chi connectivity index (χ0v) is 15.1. The van der Waals surface area contributed by atoms with Gasteiger partial charge < -0.3 is 11.1 Å². The fourth-order valence-electron chi connectivity index (χ4n) is 2.56. The summed E-state index contributed by atoms with van der Waals surface area (Å²) in [6.45, 7) is 3.77. The summed E-state index contributed by atoms with van der Waals surface area (Å²) in [4.78, 5) is 8.86. The summed E-state index contributed by atoms with van der Waals surface area (Å²) >= 11 is 0. The summed E-state index contributed by atoms with van der Waals surface area (Å²) in [7, 11) is 1.89. The normalized spacial score (nSPS) is 11.3. The third-order valence-corrected chi connectivity index (χ3v) is 4.03. The molecule has 2 aromatic carbocycles. The van der Waals surface area contributed by atoms with Crippen molar-refractivity contribution in [1.29, 1.82) is 0 Å². The molecule has 0 saturated heterocycles. The molecule has 0 unspecified atom stereocenters. The first kappa shape index (κ1) is 17.4. The van der Waals surface area contributed by atoms with E-state index >= 15 is 0 Å². The van der Waals surface area contributed by atoms with Crippen LogP contribution >= 0.6 is 0 Å². The standard InChI is InChI=1S/C20H22N6/c1-13(15-9-11-17(22-3)12-10-15)25-26-20-18(21)19(23-14(2)24-20)16-7-5-4-6-8-16/h4-12,22H,21H2,1-3H3,(H,23,24,26). The van der Waals surface area contributed by atoms with Crippen molar-refractivity contribution in [2.24, 2.45) is 5.10 Å². The second-order valence-corrected chi connectivity index (χ2v) is 5.88. The molecule has 0 aliphatic rings. The summed E-state index contributed by atoms with van der Waals surface area (Å²) in [6.07, 6.45) is 0. The van der Waals surface area contributed by atoms with Gasteiger partial charge in [-0.05, 0) is 31.5 Å². The lowest BCUT2D eigenvalue weighted by atomic mass is 10.1. The Kier molecular flexibility index (Phi) is 5.12. The van der Waals surface area contributed by atoms with E-state index in [4.69, 9.17) is 5.73 Å². The lowest BCUT2D eigenvalue weighted by molar-refractivity contribution is 1.05. The van der Waals surface area contributed by atoms with Crippen molar-refractivity contribution in [1.82, 2.24) is 9.97 Å². The number of hydrogen-bond acceptors (Lipinski definition) is 6. The van der Waals surface area contributed by atoms with Crippen LogP contribution < -0.4 is 16.5 Å². The van der Waals surface area contributed by atoms with E-state index in [2.05, 4.69) is 25.8 Å². The molecule has 6 heteroatoms. The fourth-order valence-corrected chi connectivity index (χ4v) is 2.56. The van der Waals surface area contributed by atoms with E-state index in [1.807, 2.05) is 75.5 Å². The molecule has 132 valence electrons. The number of aryl methyl sites for hydroxylation is 1. The molecule has 0 atom stereocenters. The summed E-state index contributed by atoms with van der Waals surface area (Å²) in [5.74, 6) is 1.13. The van der Waals surface area contributed by atoms with Gasteiger partial charge in [0.1, 0.15) is 11.5 Å². The largest absolute Gasteiger partial charge is 0.394 e. The van der Waals surface area contributed by atoms with Gasteiger partial charge in [-0.1, -0.05) is 42.5 Å². The Morgan fingerprint density at radius 3 is 2.35 bits per heavy atom. The van der Waals surface area contributed by atoms with Gasteiger partial charge in [-0.2, -0.15) is 5.10 Å². The molecule has 0 spiro atoms. The minimum atomic E-state index is 0.476. The van der Waals surface area contributed by atoms with Crippen molar-refractivity contribution in [2.45, 2.75) is 13.8 Å². The lowest BCUT2D eigenvalue weighted by Crippen LogP contribution is -2.07. The van der Waals surface area contributed by atoms with E-state index in [9.17, 15) is 0 Å². The number of nitrogens with zero attached hydrogens (tertiary/aromatic N) is 3. The second kappa shape index (κ2) is 7.65. The topological polar surface area (TPSA) is 88.2 Å². The van der Waals surface area contributed by atoms with Crippen LogP contribution in [0.1, 0.15) is 18.3 Å². The Hall–Kier alpha value is -3.41. The van der Waals surface area contributed by atoms with E-state index in [0.717, 1.165) is 22.5 Å². The van der Waals surface area contributed by atoms with Crippen molar-refractivity contribution in [3.63, 3.8) is 0 Å². The van der Waals surface area contributed by atoms with E-state index in [1.54, 1.807) is 0 Å². The highest BCUT2D eigenvalue weighted by molar-refractivity contribution is 5.99. The Labute approximate surface area is 153 Å². The van der Waals surface area contributed by atoms with Gasteiger partial charge in [-0.3, -0.25) is 5.43 Å². The van der Waals surface area contributed by atoms with Gasteiger partial charge in [0.2, 0.25) is 0 Å². The molecule has 4 N–H and O–H groups in total. The predicted octanol–water partition coefficient (Wildman–Crippen LogP) is 3.91. The molecular formula is C20H22N6. The number of benzene rings is 2. The molecule has 0 amide bonds. The molecule has 3 rings (SSSR count). The van der Waals surface area contributed by atoms with Crippen molar-refractivity contribution in [3.8, 4) is 11.3 Å². The van der Waals surface area contributed by atoms with Crippen molar-refractivity contribution < 1.29 is 0 Å². The van der Waals surface area contributed by atoms with E-state index < -0.39 is 0 Å². The van der Waals surface area contributed by atoms with Crippen LogP contribution in [-0.2, 0) is 0 Å². The molecular weight excluding hydrogens is 324 g/mol.